The largest absolute Gasteiger partial charge is 0.497 e. The van der Waals surface area contributed by atoms with Gasteiger partial charge in [0.25, 0.3) is 5.91 Å². The zero-order valence-corrected chi connectivity index (χ0v) is 17.9. The van der Waals surface area contributed by atoms with E-state index in [9.17, 15) is 4.79 Å². The molecule has 0 aliphatic heterocycles. The van der Waals surface area contributed by atoms with Gasteiger partial charge in [-0.1, -0.05) is 12.1 Å². The summed E-state index contributed by atoms with van der Waals surface area (Å²) in [6.07, 6.45) is 6.87. The Morgan fingerprint density at radius 2 is 1.71 bits per heavy atom. The van der Waals surface area contributed by atoms with Crippen molar-refractivity contribution in [1.82, 2.24) is 24.4 Å². The van der Waals surface area contributed by atoms with E-state index in [1.807, 2.05) is 47.0 Å². The normalized spacial score (nSPS) is 11.1. The maximum Gasteiger partial charge on any atom is 0.256 e. The number of ether oxygens (including phenoxy) is 1. The van der Waals surface area contributed by atoms with E-state index in [1.54, 1.807) is 36.9 Å². The molecule has 1 amide bonds. The van der Waals surface area contributed by atoms with Crippen molar-refractivity contribution in [3.63, 3.8) is 0 Å². The minimum absolute atomic E-state index is 0.0962. The van der Waals surface area contributed by atoms with E-state index in [0.29, 0.717) is 24.2 Å². The first kappa shape index (κ1) is 20.5. The van der Waals surface area contributed by atoms with Gasteiger partial charge in [-0.3, -0.25) is 9.78 Å². The minimum Gasteiger partial charge on any atom is -0.497 e. The number of aromatic nitrogens is 4. The third-order valence-electron chi connectivity index (χ3n) is 5.16. The third-order valence-corrected chi connectivity index (χ3v) is 5.16. The molecule has 0 saturated carbocycles. The maximum atomic E-state index is 13.5. The molecule has 0 spiro atoms. The number of fused-ring (bicyclic) bond motifs is 1. The van der Waals surface area contributed by atoms with Gasteiger partial charge in [0.15, 0.2) is 5.65 Å². The van der Waals surface area contributed by atoms with Crippen LogP contribution >= 0.6 is 0 Å². The molecule has 7 nitrogen and oxygen atoms in total. The van der Waals surface area contributed by atoms with E-state index >= 15 is 0 Å². The molecule has 0 unspecified atom stereocenters. The number of pyridine rings is 2. The van der Waals surface area contributed by atoms with Crippen molar-refractivity contribution in [3.05, 3.63) is 84.1 Å². The monoisotopic (exact) mass is 415 g/mol. The Morgan fingerprint density at radius 1 is 1.03 bits per heavy atom. The first-order valence-corrected chi connectivity index (χ1v) is 10.2. The summed E-state index contributed by atoms with van der Waals surface area (Å²) in [5.41, 5.74) is 4.04. The number of amides is 1. The van der Waals surface area contributed by atoms with Crippen LogP contribution in [0.2, 0.25) is 0 Å². The molecule has 0 aliphatic rings. The van der Waals surface area contributed by atoms with Crippen molar-refractivity contribution in [3.8, 4) is 5.75 Å². The summed E-state index contributed by atoms with van der Waals surface area (Å²) < 4.78 is 7.24. The van der Waals surface area contributed by atoms with Gasteiger partial charge in [-0.2, -0.15) is 0 Å². The Labute approximate surface area is 181 Å². The molecule has 3 heterocycles. The molecule has 158 valence electrons. The summed E-state index contributed by atoms with van der Waals surface area (Å²) in [6, 6.07) is 13.6. The first-order valence-electron chi connectivity index (χ1n) is 10.2. The van der Waals surface area contributed by atoms with Gasteiger partial charge in [0.05, 0.1) is 19.0 Å². The molecular formula is C24H25N5O2. The molecule has 0 saturated heterocycles. The molecule has 1 aromatic carbocycles. The topological polar surface area (TPSA) is 73.1 Å². The summed E-state index contributed by atoms with van der Waals surface area (Å²) in [5.74, 6) is 0.687. The molecule has 7 heteroatoms. The van der Waals surface area contributed by atoms with Gasteiger partial charge in [0.1, 0.15) is 11.3 Å². The average Bonchev–Trinajstić information content (AvgIpc) is 3.23. The van der Waals surface area contributed by atoms with Gasteiger partial charge in [0.2, 0.25) is 0 Å². The van der Waals surface area contributed by atoms with Crippen LogP contribution in [-0.2, 0) is 13.1 Å². The lowest BCUT2D eigenvalue weighted by molar-refractivity contribution is 0.0729. The summed E-state index contributed by atoms with van der Waals surface area (Å²) >= 11 is 0. The Bertz CT molecular complexity index is 1170. The van der Waals surface area contributed by atoms with E-state index in [-0.39, 0.29) is 11.9 Å². The number of hydrogen-bond donors (Lipinski definition) is 0. The molecule has 0 N–H and O–H groups in total. The summed E-state index contributed by atoms with van der Waals surface area (Å²) in [6.45, 7) is 5.08. The second-order valence-corrected chi connectivity index (χ2v) is 7.68. The Kier molecular flexibility index (Phi) is 5.93. The number of methoxy groups -OCH3 is 1. The van der Waals surface area contributed by atoms with Crippen LogP contribution in [0.3, 0.4) is 0 Å². The number of nitrogens with zero attached hydrogens (tertiary/aromatic N) is 5. The van der Waals surface area contributed by atoms with Crippen molar-refractivity contribution in [2.45, 2.75) is 33.0 Å². The number of carbonyl (C=O) groups is 1. The minimum atomic E-state index is -0.0962. The molecule has 4 aromatic rings. The number of hydrogen-bond acceptors (Lipinski definition) is 5. The van der Waals surface area contributed by atoms with Gasteiger partial charge in [-0.25, -0.2) is 9.97 Å². The molecule has 0 aliphatic carbocycles. The van der Waals surface area contributed by atoms with Crippen molar-refractivity contribution in [2.24, 2.45) is 0 Å². The van der Waals surface area contributed by atoms with Gasteiger partial charge in [-0.15, -0.1) is 0 Å². The summed E-state index contributed by atoms with van der Waals surface area (Å²) in [7, 11) is 1.64. The quantitative estimate of drug-likeness (QED) is 0.451. The van der Waals surface area contributed by atoms with Crippen LogP contribution < -0.4 is 4.74 Å². The van der Waals surface area contributed by atoms with Gasteiger partial charge >= 0.3 is 0 Å². The van der Waals surface area contributed by atoms with Crippen LogP contribution in [0.5, 0.6) is 5.75 Å². The fourth-order valence-electron chi connectivity index (χ4n) is 3.46. The molecule has 0 bridgehead atoms. The van der Waals surface area contributed by atoms with Crippen molar-refractivity contribution in [1.29, 1.82) is 0 Å². The lowest BCUT2D eigenvalue weighted by Gasteiger charge is -2.23. The molecular weight excluding hydrogens is 390 g/mol. The first-order chi connectivity index (χ1) is 15.0. The van der Waals surface area contributed by atoms with E-state index < -0.39 is 0 Å². The molecule has 4 rings (SSSR count). The van der Waals surface area contributed by atoms with Crippen LogP contribution in [-0.4, -0.2) is 37.4 Å². The number of carbonyl (C=O) groups excluding carboxylic acids is 1. The summed E-state index contributed by atoms with van der Waals surface area (Å²) in [5, 5.41) is 0. The Balaban J connectivity index is 1.64. The molecule has 0 fully saturated rings. The van der Waals surface area contributed by atoms with Crippen LogP contribution in [0.4, 0.5) is 0 Å². The Morgan fingerprint density at radius 3 is 2.35 bits per heavy atom. The van der Waals surface area contributed by atoms with Crippen LogP contribution in [0.15, 0.2) is 67.4 Å². The van der Waals surface area contributed by atoms with Crippen LogP contribution in [0, 0.1) is 0 Å². The fraction of sp³-hybridized carbons (Fsp3) is 0.250. The highest BCUT2D eigenvalue weighted by atomic mass is 16.5. The van der Waals surface area contributed by atoms with Gasteiger partial charge in [0, 0.05) is 37.7 Å². The van der Waals surface area contributed by atoms with Crippen molar-refractivity contribution < 1.29 is 9.53 Å². The van der Waals surface area contributed by atoms with E-state index in [2.05, 4.69) is 28.8 Å². The van der Waals surface area contributed by atoms with Crippen LogP contribution in [0.1, 0.15) is 41.4 Å². The number of imidazole rings is 1. The highest BCUT2D eigenvalue weighted by Crippen LogP contribution is 2.20. The number of benzene rings is 1. The number of rotatable bonds is 7. The van der Waals surface area contributed by atoms with Gasteiger partial charge in [-0.05, 0) is 55.3 Å². The molecule has 31 heavy (non-hydrogen) atoms. The maximum absolute atomic E-state index is 13.5. The second kappa shape index (κ2) is 8.95. The van der Waals surface area contributed by atoms with Crippen molar-refractivity contribution in [2.75, 3.05) is 7.11 Å². The molecule has 3 aromatic heterocycles. The molecule has 0 atom stereocenters. The van der Waals surface area contributed by atoms with Crippen molar-refractivity contribution >= 4 is 17.1 Å². The average molecular weight is 415 g/mol. The zero-order chi connectivity index (χ0) is 21.8. The van der Waals surface area contributed by atoms with Crippen LogP contribution in [0.25, 0.3) is 11.2 Å². The predicted molar refractivity (Wildman–Crippen MR) is 119 cm³/mol. The molecule has 0 radical (unpaired) electrons. The highest BCUT2D eigenvalue weighted by Gasteiger charge is 2.19. The summed E-state index contributed by atoms with van der Waals surface area (Å²) in [4.78, 5) is 28.3. The predicted octanol–water partition coefficient (Wildman–Crippen LogP) is 4.26. The lowest BCUT2D eigenvalue weighted by Crippen LogP contribution is -2.30. The smallest absolute Gasteiger partial charge is 0.256 e. The lowest BCUT2D eigenvalue weighted by atomic mass is 10.1. The van der Waals surface area contributed by atoms with E-state index in [4.69, 9.17) is 4.74 Å². The third kappa shape index (κ3) is 4.55. The SMILES string of the molecule is COc1ccc(CN(Cc2ccncc2)C(=O)c2cnc3c(c2)ncn3C(C)C)cc1. The highest BCUT2D eigenvalue weighted by molar-refractivity contribution is 5.96. The standard InChI is InChI=1S/C24H25N5O2/c1-17(2)29-16-27-22-12-20(13-26-23(22)29)24(30)28(15-19-8-10-25-11-9-19)14-18-4-6-21(31-3)7-5-18/h4-13,16-17H,14-15H2,1-3H3. The second-order valence-electron chi connectivity index (χ2n) is 7.68. The van der Waals surface area contributed by atoms with E-state index in [1.165, 1.54) is 0 Å². The Hall–Kier alpha value is -3.74. The van der Waals surface area contributed by atoms with E-state index in [0.717, 1.165) is 22.5 Å². The zero-order valence-electron chi connectivity index (χ0n) is 17.9. The fourth-order valence-corrected chi connectivity index (χ4v) is 3.46. The van der Waals surface area contributed by atoms with Gasteiger partial charge < -0.3 is 14.2 Å².